The first-order valence-electron chi connectivity index (χ1n) is 4.81. The number of ketones is 1. The summed E-state index contributed by atoms with van der Waals surface area (Å²) in [6.07, 6.45) is -3.75. The van der Waals surface area contributed by atoms with E-state index in [0.29, 0.717) is 0 Å². The molecule has 18 heavy (non-hydrogen) atoms. The average Bonchev–Trinajstić information content (AvgIpc) is 2.63. The molecular weight excluding hydrogens is 340 g/mol. The van der Waals surface area contributed by atoms with Crippen LogP contribution in [0.4, 0.5) is 17.6 Å². The summed E-state index contributed by atoms with van der Waals surface area (Å²) in [6, 6.07) is 3.46. The summed E-state index contributed by atoms with van der Waals surface area (Å²) in [4.78, 5) is 12.1. The Bertz CT molecular complexity index is 408. The van der Waals surface area contributed by atoms with Crippen molar-refractivity contribution in [2.24, 2.45) is 0 Å². The van der Waals surface area contributed by atoms with E-state index < -0.39 is 31.3 Å². The van der Waals surface area contributed by atoms with Crippen LogP contribution in [0.2, 0.25) is 0 Å². The summed E-state index contributed by atoms with van der Waals surface area (Å²) < 4.78 is 53.6. The Labute approximate surface area is 113 Å². The molecule has 8 heteroatoms. The number of ether oxygens (including phenoxy) is 1. The van der Waals surface area contributed by atoms with Crippen molar-refractivity contribution < 1.29 is 27.1 Å². The largest absolute Gasteiger partial charge is 0.367 e. The molecule has 0 atom stereocenters. The Hall–Kier alpha value is -0.470. The van der Waals surface area contributed by atoms with Crippen molar-refractivity contribution in [2.45, 2.75) is 18.8 Å². The third-order valence-corrected chi connectivity index (χ3v) is 3.50. The molecule has 1 aromatic heterocycles. The molecule has 0 aliphatic carbocycles. The molecule has 0 amide bonds. The van der Waals surface area contributed by atoms with Crippen LogP contribution in [0.3, 0.4) is 0 Å². The van der Waals surface area contributed by atoms with Gasteiger partial charge in [-0.25, -0.2) is 8.78 Å². The maximum Gasteiger partial charge on any atom is 0.330 e. The summed E-state index contributed by atoms with van der Waals surface area (Å²) in [5.41, 5.74) is 0. The van der Waals surface area contributed by atoms with E-state index in [2.05, 4.69) is 20.7 Å². The lowest BCUT2D eigenvalue weighted by atomic mass is 10.2. The number of halogens is 5. The number of hydrogen-bond donors (Lipinski definition) is 0. The second-order valence-electron chi connectivity index (χ2n) is 3.48. The molecule has 0 saturated carbocycles. The van der Waals surface area contributed by atoms with Gasteiger partial charge in [0.05, 0.1) is 3.79 Å². The standard InChI is InChI=1S/C10H9BrF4O2S/c11-8-2-1-7(18-8)3-6(16)4-17-5-10(14,15)9(12)13/h1-2,9H,3-5H2. The van der Waals surface area contributed by atoms with Gasteiger partial charge in [-0.2, -0.15) is 8.78 Å². The molecule has 2 nitrogen and oxygen atoms in total. The van der Waals surface area contributed by atoms with E-state index >= 15 is 0 Å². The van der Waals surface area contributed by atoms with Gasteiger partial charge in [-0.15, -0.1) is 11.3 Å². The van der Waals surface area contributed by atoms with Crippen LogP contribution < -0.4 is 0 Å². The fraction of sp³-hybridized carbons (Fsp3) is 0.500. The van der Waals surface area contributed by atoms with Crippen molar-refractivity contribution in [3.63, 3.8) is 0 Å². The Morgan fingerprint density at radius 3 is 2.61 bits per heavy atom. The van der Waals surface area contributed by atoms with Gasteiger partial charge in [0, 0.05) is 11.3 Å². The third-order valence-electron chi connectivity index (χ3n) is 1.88. The van der Waals surface area contributed by atoms with E-state index in [1.54, 1.807) is 12.1 Å². The van der Waals surface area contributed by atoms with E-state index in [0.717, 1.165) is 8.66 Å². The molecule has 0 aliphatic heterocycles. The highest BCUT2D eigenvalue weighted by Gasteiger charge is 2.41. The first kappa shape index (κ1) is 15.6. The maximum atomic E-state index is 12.4. The van der Waals surface area contributed by atoms with Gasteiger partial charge in [-0.3, -0.25) is 4.79 Å². The number of carbonyl (C=O) groups excluding carboxylic acids is 1. The average molecular weight is 349 g/mol. The molecule has 1 aromatic rings. The number of thiophene rings is 1. The lowest BCUT2D eigenvalue weighted by molar-refractivity contribution is -0.168. The minimum absolute atomic E-state index is 0.0382. The van der Waals surface area contributed by atoms with Crippen molar-refractivity contribution in [3.05, 3.63) is 20.8 Å². The van der Waals surface area contributed by atoms with E-state index in [9.17, 15) is 22.4 Å². The lowest BCUT2D eigenvalue weighted by Crippen LogP contribution is -2.33. The summed E-state index contributed by atoms with van der Waals surface area (Å²) >= 11 is 4.54. The van der Waals surface area contributed by atoms with Gasteiger partial charge in [-0.05, 0) is 28.1 Å². The molecule has 0 unspecified atom stereocenters. The number of Topliss-reactive ketones (excluding diaryl/α,β-unsaturated/α-hetero) is 1. The zero-order chi connectivity index (χ0) is 13.8. The van der Waals surface area contributed by atoms with Gasteiger partial charge in [0.15, 0.2) is 5.78 Å². The Kier molecular flexibility index (Phi) is 5.74. The molecule has 1 heterocycles. The summed E-state index contributed by atoms with van der Waals surface area (Å²) in [6.45, 7) is -2.05. The molecule has 0 fully saturated rings. The molecule has 0 radical (unpaired) electrons. The van der Waals surface area contributed by atoms with Crippen LogP contribution in [-0.2, 0) is 16.0 Å². The predicted molar refractivity (Wildman–Crippen MR) is 62.5 cm³/mol. The highest BCUT2D eigenvalue weighted by atomic mass is 79.9. The Morgan fingerprint density at radius 2 is 2.11 bits per heavy atom. The minimum atomic E-state index is -4.22. The number of hydrogen-bond acceptors (Lipinski definition) is 3. The molecule has 0 aliphatic rings. The summed E-state index contributed by atoms with van der Waals surface area (Å²) in [5, 5.41) is 0. The number of carbonyl (C=O) groups is 1. The Morgan fingerprint density at radius 1 is 1.44 bits per heavy atom. The lowest BCUT2D eigenvalue weighted by Gasteiger charge is -2.14. The SMILES string of the molecule is O=C(COCC(F)(F)C(F)F)Cc1ccc(Br)s1. The van der Waals surface area contributed by atoms with Crippen LogP contribution >= 0.6 is 27.3 Å². The van der Waals surface area contributed by atoms with Gasteiger partial charge < -0.3 is 4.74 Å². The molecule has 102 valence electrons. The molecular formula is C10H9BrF4O2S. The van der Waals surface area contributed by atoms with Crippen molar-refractivity contribution in [1.29, 1.82) is 0 Å². The summed E-state index contributed by atoms with van der Waals surface area (Å²) in [7, 11) is 0. The van der Waals surface area contributed by atoms with Gasteiger partial charge in [0.1, 0.15) is 13.2 Å². The molecule has 0 bridgehead atoms. The van der Waals surface area contributed by atoms with Crippen molar-refractivity contribution in [2.75, 3.05) is 13.2 Å². The molecule has 0 saturated heterocycles. The van der Waals surface area contributed by atoms with Gasteiger partial charge in [0.2, 0.25) is 0 Å². The monoisotopic (exact) mass is 348 g/mol. The van der Waals surface area contributed by atoms with Crippen LogP contribution in [0.25, 0.3) is 0 Å². The zero-order valence-corrected chi connectivity index (χ0v) is 11.4. The second-order valence-corrected chi connectivity index (χ2v) is 6.02. The van der Waals surface area contributed by atoms with Gasteiger partial charge in [0.25, 0.3) is 0 Å². The van der Waals surface area contributed by atoms with Crippen molar-refractivity contribution >= 4 is 33.0 Å². The number of alkyl halides is 4. The maximum absolute atomic E-state index is 12.4. The molecule has 0 spiro atoms. The highest BCUT2D eigenvalue weighted by molar-refractivity contribution is 9.11. The fourth-order valence-electron chi connectivity index (χ4n) is 1.06. The molecule has 1 rings (SSSR count). The Balaban J connectivity index is 2.30. The van der Waals surface area contributed by atoms with Crippen LogP contribution in [0.1, 0.15) is 4.88 Å². The van der Waals surface area contributed by atoms with Gasteiger partial charge >= 0.3 is 12.3 Å². The quantitative estimate of drug-likeness (QED) is 0.704. The highest BCUT2D eigenvalue weighted by Crippen LogP contribution is 2.24. The molecule has 0 aromatic carbocycles. The minimum Gasteiger partial charge on any atom is -0.367 e. The third kappa shape index (κ3) is 5.03. The van der Waals surface area contributed by atoms with Crippen LogP contribution in [0.15, 0.2) is 15.9 Å². The van der Waals surface area contributed by atoms with Gasteiger partial charge in [-0.1, -0.05) is 0 Å². The predicted octanol–water partition coefficient (Wildman–Crippen LogP) is 3.54. The zero-order valence-electron chi connectivity index (χ0n) is 8.97. The van der Waals surface area contributed by atoms with E-state index in [1.807, 2.05) is 0 Å². The van der Waals surface area contributed by atoms with Crippen LogP contribution in [-0.4, -0.2) is 31.3 Å². The first-order chi connectivity index (χ1) is 8.31. The second kappa shape index (κ2) is 6.63. The van der Waals surface area contributed by atoms with Crippen LogP contribution in [0.5, 0.6) is 0 Å². The molecule has 0 N–H and O–H groups in total. The summed E-state index contributed by atoms with van der Waals surface area (Å²) in [5.74, 6) is -4.65. The number of rotatable bonds is 7. The van der Waals surface area contributed by atoms with Crippen molar-refractivity contribution in [3.8, 4) is 0 Å². The fourth-order valence-corrected chi connectivity index (χ4v) is 2.57. The van der Waals surface area contributed by atoms with Crippen molar-refractivity contribution in [1.82, 2.24) is 0 Å². The van der Waals surface area contributed by atoms with Crippen LogP contribution in [0, 0.1) is 0 Å². The van der Waals surface area contributed by atoms with E-state index in [4.69, 9.17) is 0 Å². The van der Waals surface area contributed by atoms with E-state index in [1.165, 1.54) is 11.3 Å². The smallest absolute Gasteiger partial charge is 0.330 e. The normalized spacial score (nSPS) is 12.1. The van der Waals surface area contributed by atoms with E-state index in [-0.39, 0.29) is 6.42 Å². The first-order valence-corrected chi connectivity index (χ1v) is 6.42. The topological polar surface area (TPSA) is 26.3 Å².